The van der Waals surface area contributed by atoms with Gasteiger partial charge >= 0.3 is 0 Å². The molecule has 0 atom stereocenters. The number of nitrogens with zero attached hydrogens (tertiary/aromatic N) is 1. The lowest BCUT2D eigenvalue weighted by Gasteiger charge is -2.31. The lowest BCUT2D eigenvalue weighted by atomic mass is 9.95. The van der Waals surface area contributed by atoms with E-state index in [0.717, 1.165) is 31.2 Å². The molecule has 2 fully saturated rings. The third-order valence-corrected chi connectivity index (χ3v) is 5.84. The van der Waals surface area contributed by atoms with Crippen LogP contribution in [0.2, 0.25) is 0 Å². The van der Waals surface area contributed by atoms with Gasteiger partial charge in [-0.3, -0.25) is 9.59 Å². The van der Waals surface area contributed by atoms with Crippen LogP contribution in [0, 0.1) is 17.7 Å². The Labute approximate surface area is 146 Å². The van der Waals surface area contributed by atoms with Gasteiger partial charge in [0.2, 0.25) is 11.8 Å². The number of benzene rings is 1. The molecule has 136 valence electrons. The molecular weight excluding hydrogens is 347 g/mol. The Kier molecular flexibility index (Phi) is 4.81. The molecule has 0 spiro atoms. The predicted octanol–water partition coefficient (Wildman–Crippen LogP) is 1.82. The molecule has 0 aromatic heterocycles. The minimum atomic E-state index is -3.48. The van der Waals surface area contributed by atoms with Gasteiger partial charge in [0.25, 0.3) is 0 Å². The van der Waals surface area contributed by atoms with Crippen LogP contribution in [-0.2, 0) is 19.4 Å². The number of amides is 2. The second-order valence-electron chi connectivity index (χ2n) is 6.78. The van der Waals surface area contributed by atoms with E-state index >= 15 is 0 Å². The Hall–Kier alpha value is -1.96. The Bertz CT molecular complexity index is 797. The first-order chi connectivity index (χ1) is 11.8. The molecule has 3 rings (SSSR count). The molecule has 8 heteroatoms. The van der Waals surface area contributed by atoms with E-state index in [1.54, 1.807) is 4.90 Å². The number of piperidine rings is 1. The molecule has 0 bridgehead atoms. The molecule has 1 saturated heterocycles. The maximum atomic E-state index is 13.9. The third-order valence-electron chi connectivity index (χ3n) is 4.73. The molecule has 2 amide bonds. The van der Waals surface area contributed by atoms with Crippen molar-refractivity contribution in [3.63, 3.8) is 0 Å². The van der Waals surface area contributed by atoms with Gasteiger partial charge in [0.15, 0.2) is 9.84 Å². The number of likely N-dealkylation sites (tertiary alicyclic amines) is 1. The average Bonchev–Trinajstić information content (AvgIpc) is 3.40. The van der Waals surface area contributed by atoms with E-state index in [4.69, 9.17) is 0 Å². The van der Waals surface area contributed by atoms with Crippen LogP contribution >= 0.6 is 0 Å². The molecule has 6 nitrogen and oxygen atoms in total. The second kappa shape index (κ2) is 6.74. The number of anilines is 1. The van der Waals surface area contributed by atoms with E-state index in [9.17, 15) is 22.4 Å². The highest BCUT2D eigenvalue weighted by Crippen LogP contribution is 2.32. The molecule has 2 aliphatic rings. The minimum Gasteiger partial charge on any atom is -0.342 e. The Balaban J connectivity index is 1.62. The van der Waals surface area contributed by atoms with Gasteiger partial charge in [-0.1, -0.05) is 0 Å². The first-order valence-corrected chi connectivity index (χ1v) is 10.2. The van der Waals surface area contributed by atoms with Crippen LogP contribution in [0.25, 0.3) is 0 Å². The molecule has 1 aliphatic carbocycles. The molecule has 0 unspecified atom stereocenters. The highest BCUT2D eigenvalue weighted by molar-refractivity contribution is 7.90. The highest BCUT2D eigenvalue weighted by atomic mass is 32.2. The van der Waals surface area contributed by atoms with Crippen molar-refractivity contribution in [2.75, 3.05) is 24.7 Å². The standard InChI is InChI=1S/C17H21FN2O4S/c1-25(23,24)13-4-5-14(18)15(10-13)19-16(21)11-6-8-20(9-7-11)17(22)12-2-3-12/h4-5,10-12H,2-3,6-9H2,1H3,(H,19,21). The van der Waals surface area contributed by atoms with Crippen molar-refractivity contribution < 1.29 is 22.4 Å². The van der Waals surface area contributed by atoms with Gasteiger partial charge in [0.1, 0.15) is 5.82 Å². The van der Waals surface area contributed by atoms with Crippen molar-refractivity contribution in [2.45, 2.75) is 30.6 Å². The summed E-state index contributed by atoms with van der Waals surface area (Å²) in [6.07, 6.45) is 3.98. The topological polar surface area (TPSA) is 83.6 Å². The molecule has 0 radical (unpaired) electrons. The summed E-state index contributed by atoms with van der Waals surface area (Å²) < 4.78 is 37.0. The fourth-order valence-corrected chi connectivity index (χ4v) is 3.66. The van der Waals surface area contributed by atoms with Crippen LogP contribution in [-0.4, -0.2) is 44.5 Å². The zero-order chi connectivity index (χ0) is 18.2. The number of carbonyl (C=O) groups is 2. The van der Waals surface area contributed by atoms with Gasteiger partial charge in [-0.15, -0.1) is 0 Å². The molecule has 25 heavy (non-hydrogen) atoms. The minimum absolute atomic E-state index is 0.0472. The fraction of sp³-hybridized carbons (Fsp3) is 0.529. The van der Waals surface area contributed by atoms with E-state index in [0.29, 0.717) is 25.9 Å². The number of halogens is 1. The zero-order valence-electron chi connectivity index (χ0n) is 14.0. The molecule has 1 saturated carbocycles. The lowest BCUT2D eigenvalue weighted by Crippen LogP contribution is -2.42. The van der Waals surface area contributed by atoms with Crippen LogP contribution in [0.3, 0.4) is 0 Å². The van der Waals surface area contributed by atoms with Gasteiger partial charge < -0.3 is 10.2 Å². The fourth-order valence-electron chi connectivity index (χ4n) is 3.02. The molecule has 1 aliphatic heterocycles. The zero-order valence-corrected chi connectivity index (χ0v) is 14.8. The van der Waals surface area contributed by atoms with Gasteiger partial charge in [-0.25, -0.2) is 12.8 Å². The molecule has 1 heterocycles. The summed E-state index contributed by atoms with van der Waals surface area (Å²) in [6, 6.07) is 3.33. The summed E-state index contributed by atoms with van der Waals surface area (Å²) in [4.78, 5) is 26.1. The maximum absolute atomic E-state index is 13.9. The summed E-state index contributed by atoms with van der Waals surface area (Å²) >= 11 is 0. The summed E-state index contributed by atoms with van der Waals surface area (Å²) in [5, 5.41) is 2.49. The van der Waals surface area contributed by atoms with Crippen LogP contribution in [0.15, 0.2) is 23.1 Å². The number of hydrogen-bond donors (Lipinski definition) is 1. The maximum Gasteiger partial charge on any atom is 0.227 e. The number of carbonyl (C=O) groups excluding carboxylic acids is 2. The van der Waals surface area contributed by atoms with Crippen molar-refractivity contribution >= 4 is 27.3 Å². The Morgan fingerprint density at radius 3 is 2.32 bits per heavy atom. The summed E-state index contributed by atoms with van der Waals surface area (Å²) in [5.74, 6) is -1.00. The number of nitrogens with one attached hydrogen (secondary N) is 1. The lowest BCUT2D eigenvalue weighted by molar-refractivity contribution is -0.135. The van der Waals surface area contributed by atoms with Crippen molar-refractivity contribution in [3.05, 3.63) is 24.0 Å². The average molecular weight is 368 g/mol. The van der Waals surface area contributed by atoms with Crippen molar-refractivity contribution in [2.24, 2.45) is 11.8 Å². The van der Waals surface area contributed by atoms with Crippen LogP contribution in [0.4, 0.5) is 10.1 Å². The molecule has 1 aromatic rings. The normalized spacial score (nSPS) is 18.9. The Morgan fingerprint density at radius 2 is 1.76 bits per heavy atom. The largest absolute Gasteiger partial charge is 0.342 e. The monoisotopic (exact) mass is 368 g/mol. The van der Waals surface area contributed by atoms with Crippen LogP contribution in [0.5, 0.6) is 0 Å². The van der Waals surface area contributed by atoms with Gasteiger partial charge in [0.05, 0.1) is 10.6 Å². The van der Waals surface area contributed by atoms with E-state index in [-0.39, 0.29) is 34.2 Å². The SMILES string of the molecule is CS(=O)(=O)c1ccc(F)c(NC(=O)C2CCN(C(=O)C3CC3)CC2)c1. The second-order valence-corrected chi connectivity index (χ2v) is 8.79. The molecular formula is C17H21FN2O4S. The van der Waals surface area contributed by atoms with E-state index in [2.05, 4.69) is 5.32 Å². The smallest absolute Gasteiger partial charge is 0.227 e. The summed E-state index contributed by atoms with van der Waals surface area (Å²) in [7, 11) is -3.48. The third kappa shape index (κ3) is 4.18. The molecule has 1 N–H and O–H groups in total. The first kappa shape index (κ1) is 17.8. The van der Waals surface area contributed by atoms with E-state index in [1.807, 2.05) is 0 Å². The first-order valence-electron chi connectivity index (χ1n) is 8.35. The van der Waals surface area contributed by atoms with Gasteiger partial charge in [-0.2, -0.15) is 0 Å². The van der Waals surface area contributed by atoms with Crippen molar-refractivity contribution in [1.29, 1.82) is 0 Å². The predicted molar refractivity (Wildman–Crippen MR) is 90.2 cm³/mol. The Morgan fingerprint density at radius 1 is 1.12 bits per heavy atom. The van der Waals surface area contributed by atoms with Crippen molar-refractivity contribution in [1.82, 2.24) is 4.90 Å². The van der Waals surface area contributed by atoms with E-state index in [1.165, 1.54) is 6.07 Å². The summed E-state index contributed by atoms with van der Waals surface area (Å²) in [6.45, 7) is 1.05. The van der Waals surface area contributed by atoms with E-state index < -0.39 is 15.7 Å². The summed E-state index contributed by atoms with van der Waals surface area (Å²) in [5.41, 5.74) is -0.135. The highest BCUT2D eigenvalue weighted by Gasteiger charge is 2.36. The molecule has 1 aromatic carbocycles. The number of rotatable bonds is 4. The number of hydrogen-bond acceptors (Lipinski definition) is 4. The number of sulfone groups is 1. The van der Waals surface area contributed by atoms with Crippen LogP contribution in [0.1, 0.15) is 25.7 Å². The van der Waals surface area contributed by atoms with Crippen molar-refractivity contribution in [3.8, 4) is 0 Å². The quantitative estimate of drug-likeness (QED) is 0.822. The van der Waals surface area contributed by atoms with Gasteiger partial charge in [-0.05, 0) is 43.9 Å². The van der Waals surface area contributed by atoms with Crippen LogP contribution < -0.4 is 5.32 Å². The van der Waals surface area contributed by atoms with Gasteiger partial charge in [0, 0.05) is 31.2 Å².